The highest BCUT2D eigenvalue weighted by atomic mass is 16.7. The summed E-state index contributed by atoms with van der Waals surface area (Å²) in [4.78, 5) is 39.0. The highest BCUT2D eigenvalue weighted by Gasteiger charge is 2.34. The highest BCUT2D eigenvalue weighted by Crippen LogP contribution is 2.38. The molecular formula is C16H26N2O6. The second-order valence-electron chi connectivity index (χ2n) is 6.49. The van der Waals surface area contributed by atoms with Crippen LogP contribution in [0.1, 0.15) is 59.3 Å². The van der Waals surface area contributed by atoms with Gasteiger partial charge in [0.05, 0.1) is 12.5 Å². The maximum absolute atomic E-state index is 11.7. The molecule has 0 aliphatic heterocycles. The fraction of sp³-hybridized carbons (Fsp3) is 0.750. The van der Waals surface area contributed by atoms with E-state index in [2.05, 4.69) is 15.3 Å². The third kappa shape index (κ3) is 6.97. The summed E-state index contributed by atoms with van der Waals surface area (Å²) >= 11 is 0. The van der Waals surface area contributed by atoms with Crippen molar-refractivity contribution in [1.82, 2.24) is 5.32 Å². The Morgan fingerprint density at radius 1 is 1.21 bits per heavy atom. The summed E-state index contributed by atoms with van der Waals surface area (Å²) in [6, 6.07) is 0. The Hall–Kier alpha value is -2.12. The minimum atomic E-state index is -0.877. The van der Waals surface area contributed by atoms with Gasteiger partial charge in [-0.1, -0.05) is 24.4 Å². The third-order valence-electron chi connectivity index (χ3n) is 3.95. The number of carbonyl (C=O) groups is 3. The van der Waals surface area contributed by atoms with Crippen molar-refractivity contribution in [3.63, 3.8) is 0 Å². The molecule has 0 saturated heterocycles. The maximum Gasteiger partial charge on any atom is 0.433 e. The second-order valence-corrected chi connectivity index (χ2v) is 6.49. The van der Waals surface area contributed by atoms with E-state index in [0.29, 0.717) is 0 Å². The van der Waals surface area contributed by atoms with E-state index in [-0.39, 0.29) is 24.8 Å². The van der Waals surface area contributed by atoms with Gasteiger partial charge >= 0.3 is 18.0 Å². The Kier molecular flexibility index (Phi) is 7.67. The van der Waals surface area contributed by atoms with Crippen LogP contribution >= 0.6 is 0 Å². The monoisotopic (exact) mass is 342 g/mol. The maximum atomic E-state index is 11.7. The van der Waals surface area contributed by atoms with E-state index in [9.17, 15) is 14.4 Å². The molecule has 0 spiro atoms. The lowest BCUT2D eigenvalue weighted by Crippen LogP contribution is -2.40. The van der Waals surface area contributed by atoms with Crippen LogP contribution in [0.25, 0.3) is 0 Å². The normalized spacial score (nSPS) is 17.2. The van der Waals surface area contributed by atoms with Gasteiger partial charge < -0.3 is 15.2 Å². The summed E-state index contributed by atoms with van der Waals surface area (Å²) in [5, 5.41) is 15.1. The summed E-state index contributed by atoms with van der Waals surface area (Å²) in [7, 11) is 0. The number of carboxylic acid groups (broad SMARTS) is 1. The second kappa shape index (κ2) is 9.24. The van der Waals surface area contributed by atoms with Crippen LogP contribution in [0.4, 0.5) is 4.79 Å². The molecular weight excluding hydrogens is 316 g/mol. The molecule has 0 aromatic rings. The number of carboxylic acids is 1. The molecule has 0 radical (unpaired) electrons. The Morgan fingerprint density at radius 2 is 1.83 bits per heavy atom. The highest BCUT2D eigenvalue weighted by molar-refractivity contribution is 6.35. The van der Waals surface area contributed by atoms with Crippen molar-refractivity contribution in [3.05, 3.63) is 0 Å². The number of esters is 1. The van der Waals surface area contributed by atoms with Gasteiger partial charge in [-0.2, -0.15) is 0 Å². The molecule has 8 nitrogen and oxygen atoms in total. The van der Waals surface area contributed by atoms with Gasteiger partial charge in [0.25, 0.3) is 0 Å². The van der Waals surface area contributed by atoms with E-state index in [1.807, 2.05) is 0 Å². The van der Waals surface area contributed by atoms with E-state index in [4.69, 9.17) is 9.84 Å². The lowest BCUT2D eigenvalue weighted by Gasteiger charge is -2.35. The van der Waals surface area contributed by atoms with E-state index in [0.717, 1.165) is 32.1 Å². The number of carbonyl (C=O) groups excluding carboxylic acids is 2. The topological polar surface area (TPSA) is 114 Å². The Labute approximate surface area is 141 Å². The van der Waals surface area contributed by atoms with Crippen LogP contribution in [-0.2, 0) is 19.2 Å². The van der Waals surface area contributed by atoms with Crippen LogP contribution < -0.4 is 5.32 Å². The number of nitrogens with one attached hydrogen (secondary N) is 1. The number of hydrogen-bond acceptors (Lipinski definition) is 6. The molecule has 24 heavy (non-hydrogen) atoms. The molecule has 0 bridgehead atoms. The summed E-state index contributed by atoms with van der Waals surface area (Å²) in [6.45, 7) is 4.99. The molecule has 1 rings (SSSR count). The molecule has 0 aromatic carbocycles. The number of aliphatic carboxylic acids is 1. The van der Waals surface area contributed by atoms with E-state index < -0.39 is 23.4 Å². The molecule has 0 unspecified atom stereocenters. The van der Waals surface area contributed by atoms with Crippen LogP contribution in [0.5, 0.6) is 0 Å². The van der Waals surface area contributed by atoms with Crippen molar-refractivity contribution in [2.45, 2.75) is 65.4 Å². The molecule has 0 atom stereocenters. The molecule has 0 aromatic heterocycles. The zero-order valence-corrected chi connectivity index (χ0v) is 14.5. The van der Waals surface area contributed by atoms with Crippen LogP contribution in [0.15, 0.2) is 5.16 Å². The first-order chi connectivity index (χ1) is 11.2. The van der Waals surface area contributed by atoms with E-state index in [1.54, 1.807) is 13.8 Å². The molecule has 1 aliphatic carbocycles. The van der Waals surface area contributed by atoms with Crippen LogP contribution in [0.2, 0.25) is 0 Å². The first-order valence-electron chi connectivity index (χ1n) is 8.16. The SMILES string of the molecule is CC(=NOC(=O)NCC1(CC(=O)O)CCCCC1)C(=O)OC(C)C. The molecule has 1 saturated carbocycles. The molecule has 0 heterocycles. The Morgan fingerprint density at radius 3 is 2.38 bits per heavy atom. The number of ether oxygens (including phenoxy) is 1. The number of hydrogen-bond donors (Lipinski definition) is 2. The van der Waals surface area contributed by atoms with Crippen LogP contribution in [-0.4, -0.2) is 41.5 Å². The lowest BCUT2D eigenvalue weighted by molar-refractivity contribution is -0.141. The number of rotatable bonds is 7. The Bertz CT molecular complexity index is 495. The third-order valence-corrected chi connectivity index (χ3v) is 3.95. The van der Waals surface area contributed by atoms with E-state index in [1.165, 1.54) is 6.92 Å². The summed E-state index contributed by atoms with van der Waals surface area (Å²) in [5.74, 6) is -1.54. The van der Waals surface area contributed by atoms with Crippen molar-refractivity contribution in [1.29, 1.82) is 0 Å². The number of amides is 1. The standard InChI is InChI=1S/C16H26N2O6/c1-11(2)23-14(21)12(3)18-24-15(22)17-10-16(9-13(19)20)7-5-4-6-8-16/h11H,4-10H2,1-3H3,(H,17,22)(H,19,20). The zero-order valence-electron chi connectivity index (χ0n) is 14.5. The van der Waals surface area contributed by atoms with Gasteiger partial charge in [-0.05, 0) is 39.0 Å². The molecule has 1 aliphatic rings. The summed E-state index contributed by atoms with van der Waals surface area (Å²) in [6.07, 6.45) is 3.38. The van der Waals surface area contributed by atoms with Gasteiger partial charge in [-0.15, -0.1) is 0 Å². The minimum Gasteiger partial charge on any atom is -0.481 e. The molecule has 1 amide bonds. The van der Waals surface area contributed by atoms with Gasteiger partial charge in [-0.3, -0.25) is 9.63 Å². The average molecular weight is 342 g/mol. The molecule has 1 fully saturated rings. The van der Waals surface area contributed by atoms with Gasteiger partial charge in [0.15, 0.2) is 5.71 Å². The van der Waals surface area contributed by atoms with E-state index >= 15 is 0 Å². The Balaban J connectivity index is 2.51. The van der Waals surface area contributed by atoms with Crippen molar-refractivity contribution < 1.29 is 29.1 Å². The largest absolute Gasteiger partial charge is 0.481 e. The van der Waals surface area contributed by atoms with Crippen LogP contribution in [0.3, 0.4) is 0 Å². The number of oxime groups is 1. The quantitative estimate of drug-likeness (QED) is 0.318. The lowest BCUT2D eigenvalue weighted by atomic mass is 9.72. The molecule has 2 N–H and O–H groups in total. The predicted molar refractivity (Wildman–Crippen MR) is 86.6 cm³/mol. The van der Waals surface area contributed by atoms with Gasteiger partial charge in [0.1, 0.15) is 0 Å². The van der Waals surface area contributed by atoms with Crippen molar-refractivity contribution >= 4 is 23.7 Å². The van der Waals surface area contributed by atoms with Crippen LogP contribution in [0, 0.1) is 5.41 Å². The number of nitrogens with zero attached hydrogens (tertiary/aromatic N) is 1. The van der Waals surface area contributed by atoms with Crippen molar-refractivity contribution in [2.75, 3.05) is 6.54 Å². The predicted octanol–water partition coefficient (Wildman–Crippen LogP) is 2.47. The minimum absolute atomic E-state index is 0.0102. The fourth-order valence-corrected chi connectivity index (χ4v) is 2.78. The molecule has 8 heteroatoms. The summed E-state index contributed by atoms with van der Waals surface area (Å²) in [5.41, 5.74) is -0.518. The van der Waals surface area contributed by atoms with Gasteiger partial charge in [-0.25, -0.2) is 9.59 Å². The van der Waals surface area contributed by atoms with Crippen molar-refractivity contribution in [2.24, 2.45) is 10.6 Å². The zero-order chi connectivity index (χ0) is 18.2. The first kappa shape index (κ1) is 19.9. The van der Waals surface area contributed by atoms with Gasteiger partial charge in [0.2, 0.25) is 0 Å². The van der Waals surface area contributed by atoms with Gasteiger partial charge in [0, 0.05) is 6.54 Å². The first-order valence-corrected chi connectivity index (χ1v) is 8.16. The fourth-order valence-electron chi connectivity index (χ4n) is 2.78. The summed E-state index contributed by atoms with van der Waals surface area (Å²) < 4.78 is 4.91. The smallest absolute Gasteiger partial charge is 0.433 e. The molecule has 136 valence electrons. The average Bonchev–Trinajstić information content (AvgIpc) is 2.50. The van der Waals surface area contributed by atoms with Crippen molar-refractivity contribution in [3.8, 4) is 0 Å².